The van der Waals surface area contributed by atoms with Crippen molar-refractivity contribution in [1.29, 1.82) is 0 Å². The number of carbonyl (C=O) groups excluding carboxylic acids is 2. The summed E-state index contributed by atoms with van der Waals surface area (Å²) >= 11 is 5.75. The molecule has 1 saturated heterocycles. The van der Waals surface area contributed by atoms with Crippen molar-refractivity contribution in [2.75, 3.05) is 43.5 Å². The second-order valence-corrected chi connectivity index (χ2v) is 9.24. The molecule has 2 aliphatic rings. The van der Waals surface area contributed by atoms with E-state index in [1.54, 1.807) is 24.3 Å². The van der Waals surface area contributed by atoms with E-state index in [-0.39, 0.29) is 4.90 Å². The molecule has 2 aromatic carbocycles. The van der Waals surface area contributed by atoms with Crippen LogP contribution in [0.2, 0.25) is 0 Å². The van der Waals surface area contributed by atoms with Crippen LogP contribution in [0, 0.1) is 0 Å². The van der Waals surface area contributed by atoms with Gasteiger partial charge < -0.3 is 0 Å². The van der Waals surface area contributed by atoms with Gasteiger partial charge >= 0.3 is 0 Å². The second kappa shape index (κ2) is 7.87. The van der Waals surface area contributed by atoms with Crippen LogP contribution in [-0.4, -0.2) is 68.0 Å². The van der Waals surface area contributed by atoms with E-state index >= 15 is 0 Å². The minimum atomic E-state index is -3.64. The first-order chi connectivity index (χ1) is 13.9. The summed E-state index contributed by atoms with van der Waals surface area (Å²) in [5.74, 6) is -0.292. The molecule has 2 aliphatic heterocycles. The number of amides is 2. The van der Waals surface area contributed by atoms with Crippen LogP contribution < -0.4 is 4.90 Å². The van der Waals surface area contributed by atoms with E-state index in [1.165, 1.54) is 28.6 Å². The van der Waals surface area contributed by atoms with Crippen LogP contribution in [0.25, 0.3) is 0 Å². The van der Waals surface area contributed by atoms with Crippen LogP contribution in [0.3, 0.4) is 0 Å². The van der Waals surface area contributed by atoms with Gasteiger partial charge in [0.1, 0.15) is 0 Å². The largest absolute Gasteiger partial charge is 0.300 e. The number of alkyl halides is 1. The first kappa shape index (κ1) is 20.0. The molecule has 152 valence electrons. The highest BCUT2D eigenvalue weighted by molar-refractivity contribution is 7.89. The van der Waals surface area contributed by atoms with E-state index in [4.69, 9.17) is 11.6 Å². The maximum Gasteiger partial charge on any atom is 0.266 e. The summed E-state index contributed by atoms with van der Waals surface area (Å²) < 4.78 is 27.3. The predicted octanol–water partition coefficient (Wildman–Crippen LogP) is 2.03. The van der Waals surface area contributed by atoms with Gasteiger partial charge in [-0.2, -0.15) is 4.31 Å². The number of hydrogen-bond donors (Lipinski definition) is 0. The summed E-state index contributed by atoms with van der Waals surface area (Å²) in [4.78, 5) is 28.5. The Morgan fingerprint density at radius 2 is 1.38 bits per heavy atom. The van der Waals surface area contributed by atoms with E-state index in [9.17, 15) is 18.0 Å². The molecule has 0 aliphatic carbocycles. The number of imide groups is 1. The number of fused-ring (bicyclic) bond motifs is 1. The summed E-state index contributed by atoms with van der Waals surface area (Å²) in [7, 11) is -3.64. The van der Waals surface area contributed by atoms with Crippen LogP contribution in [-0.2, 0) is 10.0 Å². The van der Waals surface area contributed by atoms with Crippen LogP contribution in [0.1, 0.15) is 20.7 Å². The monoisotopic (exact) mass is 433 g/mol. The maximum atomic E-state index is 12.9. The molecule has 7 nitrogen and oxygen atoms in total. The van der Waals surface area contributed by atoms with Crippen molar-refractivity contribution in [2.45, 2.75) is 4.90 Å². The lowest BCUT2D eigenvalue weighted by atomic mass is 10.1. The van der Waals surface area contributed by atoms with Crippen LogP contribution in [0.4, 0.5) is 5.69 Å². The minimum Gasteiger partial charge on any atom is -0.300 e. The van der Waals surface area contributed by atoms with E-state index < -0.39 is 21.8 Å². The normalized spacial score (nSPS) is 18.3. The number of anilines is 1. The average molecular weight is 434 g/mol. The van der Waals surface area contributed by atoms with Gasteiger partial charge in [0.2, 0.25) is 10.0 Å². The highest BCUT2D eigenvalue weighted by Gasteiger charge is 2.36. The summed E-state index contributed by atoms with van der Waals surface area (Å²) in [6.07, 6.45) is 0. The molecule has 2 amide bonds. The predicted molar refractivity (Wildman–Crippen MR) is 110 cm³/mol. The van der Waals surface area contributed by atoms with Crippen molar-refractivity contribution in [3.63, 3.8) is 0 Å². The molecule has 0 unspecified atom stereocenters. The molecule has 29 heavy (non-hydrogen) atoms. The van der Waals surface area contributed by atoms with E-state index in [2.05, 4.69) is 4.90 Å². The van der Waals surface area contributed by atoms with Gasteiger partial charge in [0.25, 0.3) is 11.8 Å². The van der Waals surface area contributed by atoms with E-state index in [1.807, 2.05) is 0 Å². The van der Waals surface area contributed by atoms with Gasteiger partial charge in [-0.3, -0.25) is 14.5 Å². The third-order valence-electron chi connectivity index (χ3n) is 5.26. The summed E-state index contributed by atoms with van der Waals surface area (Å²) in [5.41, 5.74) is 1.05. The molecule has 2 heterocycles. The van der Waals surface area contributed by atoms with Crippen molar-refractivity contribution in [3.8, 4) is 0 Å². The molecular formula is C20H20ClN3O4S. The fraction of sp³-hybridized carbons (Fsp3) is 0.300. The Morgan fingerprint density at radius 3 is 1.90 bits per heavy atom. The topological polar surface area (TPSA) is 78.0 Å². The van der Waals surface area contributed by atoms with Crippen molar-refractivity contribution >= 4 is 39.1 Å². The number of benzene rings is 2. The highest BCUT2D eigenvalue weighted by atomic mass is 35.5. The van der Waals surface area contributed by atoms with Gasteiger partial charge in [-0.05, 0) is 36.4 Å². The Hall–Kier alpha value is -2.26. The van der Waals surface area contributed by atoms with Crippen molar-refractivity contribution in [3.05, 3.63) is 59.7 Å². The number of halogens is 1. The quantitative estimate of drug-likeness (QED) is 0.532. The van der Waals surface area contributed by atoms with Gasteiger partial charge in [0.15, 0.2) is 0 Å². The van der Waals surface area contributed by atoms with Gasteiger partial charge in [-0.25, -0.2) is 13.3 Å². The Kier molecular flexibility index (Phi) is 5.44. The van der Waals surface area contributed by atoms with E-state index in [0.29, 0.717) is 48.9 Å². The van der Waals surface area contributed by atoms with Crippen molar-refractivity contribution in [1.82, 2.24) is 9.21 Å². The number of rotatable bonds is 5. The summed E-state index contributed by atoms with van der Waals surface area (Å²) in [5, 5.41) is 0. The average Bonchev–Trinajstić information content (AvgIpc) is 2.99. The van der Waals surface area contributed by atoms with Gasteiger partial charge in [-0.15, -0.1) is 11.6 Å². The lowest BCUT2D eigenvalue weighted by molar-refractivity contribution is 0.0926. The molecule has 9 heteroatoms. The molecule has 1 fully saturated rings. The fourth-order valence-electron chi connectivity index (χ4n) is 3.65. The minimum absolute atomic E-state index is 0.142. The lowest BCUT2D eigenvalue weighted by Crippen LogP contribution is -2.48. The maximum absolute atomic E-state index is 12.9. The molecule has 0 spiro atoms. The lowest BCUT2D eigenvalue weighted by Gasteiger charge is -2.33. The Labute approximate surface area is 174 Å². The van der Waals surface area contributed by atoms with Crippen LogP contribution in [0.5, 0.6) is 0 Å². The SMILES string of the molecule is O=C1c2ccccc2C(=O)N1c1ccc(S(=O)(=O)N2CCN(CCCl)CC2)cc1. The Bertz CT molecular complexity index is 1010. The smallest absolute Gasteiger partial charge is 0.266 e. The molecule has 0 saturated carbocycles. The first-order valence-corrected chi connectivity index (χ1v) is 11.3. The van der Waals surface area contributed by atoms with E-state index in [0.717, 1.165) is 11.4 Å². The molecule has 2 aromatic rings. The molecule has 0 radical (unpaired) electrons. The Balaban J connectivity index is 1.53. The number of sulfonamides is 1. The number of hydrogen-bond acceptors (Lipinski definition) is 5. The summed E-state index contributed by atoms with van der Waals surface area (Å²) in [6, 6.07) is 12.5. The molecule has 0 N–H and O–H groups in total. The van der Waals surface area contributed by atoms with Crippen LogP contribution >= 0.6 is 11.6 Å². The van der Waals surface area contributed by atoms with Gasteiger partial charge in [0, 0.05) is 38.6 Å². The second-order valence-electron chi connectivity index (χ2n) is 6.92. The zero-order valence-electron chi connectivity index (χ0n) is 15.6. The fourth-order valence-corrected chi connectivity index (χ4v) is 5.31. The van der Waals surface area contributed by atoms with Crippen molar-refractivity contribution in [2.24, 2.45) is 0 Å². The number of nitrogens with zero attached hydrogens (tertiary/aromatic N) is 3. The zero-order valence-corrected chi connectivity index (χ0v) is 17.2. The van der Waals surface area contributed by atoms with Crippen LogP contribution in [0.15, 0.2) is 53.4 Å². The first-order valence-electron chi connectivity index (χ1n) is 9.30. The molecule has 0 bridgehead atoms. The third kappa shape index (κ3) is 3.57. The van der Waals surface area contributed by atoms with Gasteiger partial charge in [-0.1, -0.05) is 12.1 Å². The Morgan fingerprint density at radius 1 is 0.828 bits per heavy atom. The zero-order chi connectivity index (χ0) is 20.6. The molecule has 0 aromatic heterocycles. The molecule has 4 rings (SSSR count). The highest BCUT2D eigenvalue weighted by Crippen LogP contribution is 2.29. The number of carbonyl (C=O) groups is 2. The van der Waals surface area contributed by atoms with Crippen molar-refractivity contribution < 1.29 is 18.0 Å². The number of piperazine rings is 1. The summed E-state index contributed by atoms with van der Waals surface area (Å²) in [6.45, 7) is 2.82. The standard InChI is InChI=1S/C20H20ClN3O4S/c21-9-10-22-11-13-23(14-12-22)29(27,28)16-7-5-15(6-8-16)24-19(25)17-3-1-2-4-18(17)20(24)26/h1-8H,9-14H2. The molecular weight excluding hydrogens is 414 g/mol. The third-order valence-corrected chi connectivity index (χ3v) is 7.34. The van der Waals surface area contributed by atoms with Gasteiger partial charge in [0.05, 0.1) is 21.7 Å². The molecule has 0 atom stereocenters.